The lowest BCUT2D eigenvalue weighted by Gasteiger charge is -2.39. The highest BCUT2D eigenvalue weighted by atomic mass is 35.5. The van der Waals surface area contributed by atoms with Gasteiger partial charge < -0.3 is 11.1 Å². The smallest absolute Gasteiger partial charge is 0.238 e. The summed E-state index contributed by atoms with van der Waals surface area (Å²) in [7, 11) is 0. The van der Waals surface area contributed by atoms with Crippen LogP contribution in [-0.2, 0) is 14.4 Å². The number of rotatable bonds is 11. The van der Waals surface area contributed by atoms with Crippen LogP contribution in [0.4, 0.5) is 5.69 Å². The number of nitrogens with zero attached hydrogens (tertiary/aromatic N) is 2. The molecule has 0 spiro atoms. The van der Waals surface area contributed by atoms with Crippen molar-refractivity contribution in [3.05, 3.63) is 100 Å². The fourth-order valence-electron chi connectivity index (χ4n) is 5.01. The molecule has 39 heavy (non-hydrogen) atoms. The van der Waals surface area contributed by atoms with Crippen LogP contribution in [0.15, 0.2) is 78.9 Å². The number of anilines is 1. The summed E-state index contributed by atoms with van der Waals surface area (Å²) in [6.07, 6.45) is 0.978. The minimum absolute atomic E-state index is 0.0769. The molecule has 2 amide bonds. The molecule has 9 heteroatoms. The van der Waals surface area contributed by atoms with Crippen molar-refractivity contribution >= 4 is 46.5 Å². The van der Waals surface area contributed by atoms with Crippen molar-refractivity contribution < 1.29 is 14.4 Å². The Labute approximate surface area is 238 Å². The quantitative estimate of drug-likeness (QED) is 0.354. The number of halogens is 2. The number of ketones is 1. The van der Waals surface area contributed by atoms with Gasteiger partial charge in [0.25, 0.3) is 0 Å². The summed E-state index contributed by atoms with van der Waals surface area (Å²) in [5.74, 6) is -0.926. The van der Waals surface area contributed by atoms with Crippen LogP contribution < -0.4 is 11.1 Å². The van der Waals surface area contributed by atoms with E-state index in [1.165, 1.54) is 0 Å². The van der Waals surface area contributed by atoms with Crippen LogP contribution in [-0.4, -0.2) is 66.2 Å². The van der Waals surface area contributed by atoms with Crippen molar-refractivity contribution in [1.29, 1.82) is 0 Å². The number of para-hydroxylation sites is 1. The maximum atomic E-state index is 13.4. The van der Waals surface area contributed by atoms with E-state index in [0.29, 0.717) is 54.8 Å². The van der Waals surface area contributed by atoms with E-state index in [-0.39, 0.29) is 24.2 Å². The summed E-state index contributed by atoms with van der Waals surface area (Å²) in [4.78, 5) is 42.2. The number of Topliss-reactive ketones (excluding diaryl/α,β-unsaturated/α-hetero) is 1. The summed E-state index contributed by atoms with van der Waals surface area (Å²) in [6.45, 7) is 2.10. The molecule has 4 rings (SSSR count). The van der Waals surface area contributed by atoms with E-state index in [2.05, 4.69) is 5.32 Å². The molecular weight excluding hydrogens is 535 g/mol. The van der Waals surface area contributed by atoms with Crippen molar-refractivity contribution in [2.24, 2.45) is 5.73 Å². The zero-order valence-corrected chi connectivity index (χ0v) is 23.1. The van der Waals surface area contributed by atoms with Gasteiger partial charge in [-0.1, -0.05) is 89.9 Å². The molecule has 1 saturated heterocycles. The summed E-state index contributed by atoms with van der Waals surface area (Å²) in [6, 6.07) is 24.0. The molecule has 1 fully saturated rings. The number of carbonyl (C=O) groups is 3. The molecule has 0 saturated carbocycles. The van der Waals surface area contributed by atoms with Crippen LogP contribution in [0.3, 0.4) is 0 Å². The number of hydrogen-bond donors (Lipinski definition) is 2. The van der Waals surface area contributed by atoms with Gasteiger partial charge in [-0.05, 0) is 36.2 Å². The van der Waals surface area contributed by atoms with Crippen LogP contribution in [0, 0.1) is 0 Å². The summed E-state index contributed by atoms with van der Waals surface area (Å²) < 4.78 is 0. The lowest BCUT2D eigenvalue weighted by Crippen LogP contribution is -2.59. The van der Waals surface area contributed by atoms with Gasteiger partial charge in [0.2, 0.25) is 11.8 Å². The third-order valence-corrected chi connectivity index (χ3v) is 7.58. The number of primary amides is 1. The van der Waals surface area contributed by atoms with Crippen LogP contribution in [0.1, 0.15) is 29.9 Å². The minimum Gasteiger partial charge on any atom is -0.368 e. The van der Waals surface area contributed by atoms with Gasteiger partial charge in [-0.3, -0.25) is 24.2 Å². The maximum absolute atomic E-state index is 13.4. The Morgan fingerprint density at radius 1 is 0.872 bits per heavy atom. The van der Waals surface area contributed by atoms with Crippen molar-refractivity contribution in [3.63, 3.8) is 0 Å². The first kappa shape index (κ1) is 28.8. The molecular formula is C30H32Cl2N4O3. The molecule has 1 heterocycles. The average Bonchev–Trinajstić information content (AvgIpc) is 2.93. The summed E-state index contributed by atoms with van der Waals surface area (Å²) >= 11 is 12.3. The van der Waals surface area contributed by atoms with Gasteiger partial charge in [-0.25, -0.2) is 0 Å². The molecule has 1 atom stereocenters. The summed E-state index contributed by atoms with van der Waals surface area (Å²) in [5, 5.41) is 3.46. The average molecular weight is 568 g/mol. The number of carbonyl (C=O) groups excluding carboxylic acids is 3. The lowest BCUT2D eigenvalue weighted by atomic mass is 9.86. The van der Waals surface area contributed by atoms with Crippen LogP contribution in [0.5, 0.6) is 0 Å². The number of nitrogens with one attached hydrogen (secondary N) is 1. The Balaban J connectivity index is 1.32. The molecule has 0 aliphatic carbocycles. The lowest BCUT2D eigenvalue weighted by molar-refractivity contribution is -0.127. The van der Waals surface area contributed by atoms with E-state index in [1.807, 2.05) is 70.5 Å². The van der Waals surface area contributed by atoms with Gasteiger partial charge >= 0.3 is 0 Å². The predicted molar refractivity (Wildman–Crippen MR) is 155 cm³/mol. The monoisotopic (exact) mass is 566 g/mol. The molecule has 7 nitrogen and oxygen atoms in total. The van der Waals surface area contributed by atoms with Gasteiger partial charge in [0.1, 0.15) is 11.8 Å². The Morgan fingerprint density at radius 3 is 2.03 bits per heavy atom. The number of amides is 2. The van der Waals surface area contributed by atoms with Crippen molar-refractivity contribution in [2.45, 2.75) is 24.8 Å². The first-order valence-corrected chi connectivity index (χ1v) is 13.7. The standard InChI is InChI=1S/C30H32Cl2N4O3/c31-23-13-7-14-24(32)29(23)34-27(38)20-35-17-18-36(25(19-35)30(33)39)16-8-15-26(37)28(21-9-3-1-4-10-21)22-11-5-2-6-12-22/h1-7,9-14,25,28H,8,15-20H2,(H2,33,39)(H,34,38). The molecule has 3 aromatic rings. The highest BCUT2D eigenvalue weighted by Crippen LogP contribution is 2.30. The van der Waals surface area contributed by atoms with E-state index in [0.717, 1.165) is 11.1 Å². The zero-order chi connectivity index (χ0) is 27.8. The zero-order valence-electron chi connectivity index (χ0n) is 21.6. The number of nitrogens with two attached hydrogens (primary N) is 1. The second kappa shape index (κ2) is 13.7. The van der Waals surface area contributed by atoms with Crippen molar-refractivity contribution in [2.75, 3.05) is 38.0 Å². The van der Waals surface area contributed by atoms with Gasteiger partial charge in [-0.15, -0.1) is 0 Å². The Kier molecular flexibility index (Phi) is 10.1. The first-order valence-electron chi connectivity index (χ1n) is 13.0. The second-order valence-electron chi connectivity index (χ2n) is 9.66. The highest BCUT2D eigenvalue weighted by Gasteiger charge is 2.32. The molecule has 3 N–H and O–H groups in total. The molecule has 1 unspecified atom stereocenters. The molecule has 0 aromatic heterocycles. The van der Waals surface area contributed by atoms with Crippen LogP contribution in [0.25, 0.3) is 0 Å². The highest BCUT2D eigenvalue weighted by molar-refractivity contribution is 6.39. The van der Waals surface area contributed by atoms with Crippen molar-refractivity contribution in [3.8, 4) is 0 Å². The molecule has 204 valence electrons. The van der Waals surface area contributed by atoms with E-state index >= 15 is 0 Å². The Bertz CT molecular complexity index is 1230. The van der Waals surface area contributed by atoms with E-state index in [4.69, 9.17) is 28.9 Å². The van der Waals surface area contributed by atoms with Crippen LogP contribution >= 0.6 is 23.2 Å². The van der Waals surface area contributed by atoms with E-state index in [9.17, 15) is 14.4 Å². The third kappa shape index (κ3) is 7.67. The van der Waals surface area contributed by atoms with Crippen LogP contribution in [0.2, 0.25) is 10.0 Å². The fraction of sp³-hybridized carbons (Fsp3) is 0.300. The second-order valence-corrected chi connectivity index (χ2v) is 10.5. The third-order valence-electron chi connectivity index (χ3n) is 6.95. The Morgan fingerprint density at radius 2 is 1.46 bits per heavy atom. The molecule has 3 aromatic carbocycles. The fourth-order valence-corrected chi connectivity index (χ4v) is 5.51. The molecule has 1 aliphatic heterocycles. The number of hydrogen-bond acceptors (Lipinski definition) is 5. The van der Waals surface area contributed by atoms with E-state index < -0.39 is 11.9 Å². The Hall–Kier alpha value is -3.23. The minimum atomic E-state index is -0.551. The SMILES string of the molecule is NC(=O)C1CN(CC(=O)Nc2c(Cl)cccc2Cl)CCN1CCCC(=O)C(c1ccccc1)c1ccccc1. The number of benzene rings is 3. The van der Waals surface area contributed by atoms with Crippen molar-refractivity contribution in [1.82, 2.24) is 9.80 Å². The topological polar surface area (TPSA) is 95.7 Å². The van der Waals surface area contributed by atoms with Gasteiger partial charge in [0, 0.05) is 26.1 Å². The summed E-state index contributed by atoms with van der Waals surface area (Å²) in [5.41, 5.74) is 8.03. The maximum Gasteiger partial charge on any atom is 0.238 e. The molecule has 1 aliphatic rings. The first-order chi connectivity index (χ1) is 18.8. The molecule has 0 bridgehead atoms. The number of piperazine rings is 1. The largest absolute Gasteiger partial charge is 0.368 e. The van der Waals surface area contributed by atoms with E-state index in [1.54, 1.807) is 18.2 Å². The van der Waals surface area contributed by atoms with Gasteiger partial charge in [0.05, 0.1) is 28.2 Å². The predicted octanol–water partition coefficient (Wildman–Crippen LogP) is 4.58. The molecule has 0 radical (unpaired) electrons. The van der Waals surface area contributed by atoms with Gasteiger partial charge in [0.15, 0.2) is 0 Å². The van der Waals surface area contributed by atoms with Gasteiger partial charge in [-0.2, -0.15) is 0 Å². The normalized spacial score (nSPS) is 16.2.